The van der Waals surface area contributed by atoms with Crippen LogP contribution in [0, 0.1) is 34.0 Å². The van der Waals surface area contributed by atoms with Crippen LogP contribution in [0.1, 0.15) is 39.5 Å². The summed E-state index contributed by atoms with van der Waals surface area (Å²) < 4.78 is 11.2. The molecule has 2 spiro atoms. The Morgan fingerprint density at radius 2 is 1.97 bits per heavy atom. The average Bonchev–Trinajstić information content (AvgIpc) is 2.80. The normalized spacial score (nSPS) is 56.5. The Labute approximate surface area is 174 Å². The largest absolute Gasteiger partial charge is 0.465 e. The number of esters is 1. The topological polar surface area (TPSA) is 134 Å². The van der Waals surface area contributed by atoms with Crippen molar-refractivity contribution in [1.82, 2.24) is 0 Å². The van der Waals surface area contributed by atoms with Crippen molar-refractivity contribution in [2.45, 2.75) is 63.6 Å². The molecular formula is C22H30O8. The molecule has 8 heteroatoms. The highest BCUT2D eigenvalue weighted by molar-refractivity contribution is 6.05. The van der Waals surface area contributed by atoms with Crippen LogP contribution in [0.2, 0.25) is 0 Å². The van der Waals surface area contributed by atoms with Crippen molar-refractivity contribution in [2.24, 2.45) is 34.0 Å². The third-order valence-corrected chi connectivity index (χ3v) is 9.25. The second kappa shape index (κ2) is 5.92. The minimum atomic E-state index is -2.30. The number of ether oxygens (including phenoxy) is 2. The summed E-state index contributed by atoms with van der Waals surface area (Å²) in [4.78, 5) is 25.0. The van der Waals surface area contributed by atoms with E-state index in [1.165, 1.54) is 6.92 Å². The van der Waals surface area contributed by atoms with E-state index < -0.39 is 69.9 Å². The molecule has 6 aliphatic rings. The summed E-state index contributed by atoms with van der Waals surface area (Å²) in [5, 5.41) is 45.4. The molecule has 6 rings (SSSR count). The fourth-order valence-corrected chi connectivity index (χ4v) is 8.24. The van der Waals surface area contributed by atoms with E-state index in [0.717, 1.165) is 6.42 Å². The van der Waals surface area contributed by atoms with Gasteiger partial charge in [0, 0.05) is 29.6 Å². The minimum Gasteiger partial charge on any atom is -0.465 e. The molecule has 166 valence electrons. The molecule has 4 saturated carbocycles. The number of aliphatic hydroxyl groups excluding tert-OH is 3. The molecule has 30 heavy (non-hydrogen) atoms. The van der Waals surface area contributed by atoms with Crippen LogP contribution in [-0.2, 0) is 19.1 Å². The first-order chi connectivity index (χ1) is 14.0. The number of aliphatic hydroxyl groups is 4. The van der Waals surface area contributed by atoms with Gasteiger partial charge in [-0.25, -0.2) is 0 Å². The van der Waals surface area contributed by atoms with Gasteiger partial charge in [-0.2, -0.15) is 0 Å². The molecular weight excluding hydrogens is 392 g/mol. The van der Waals surface area contributed by atoms with Crippen molar-refractivity contribution in [3.05, 3.63) is 12.2 Å². The highest BCUT2D eigenvalue weighted by Crippen LogP contribution is 2.76. The van der Waals surface area contributed by atoms with E-state index in [1.54, 1.807) is 0 Å². The van der Waals surface area contributed by atoms with Gasteiger partial charge in [0.25, 0.3) is 0 Å². The lowest BCUT2D eigenvalue weighted by Crippen LogP contribution is -2.84. The van der Waals surface area contributed by atoms with E-state index in [2.05, 4.69) is 6.58 Å². The van der Waals surface area contributed by atoms with Gasteiger partial charge in [-0.05, 0) is 30.8 Å². The van der Waals surface area contributed by atoms with E-state index in [4.69, 9.17) is 9.47 Å². The zero-order chi connectivity index (χ0) is 21.9. The molecule has 4 aliphatic carbocycles. The molecule has 2 heterocycles. The van der Waals surface area contributed by atoms with Crippen molar-refractivity contribution in [3.63, 3.8) is 0 Å². The number of fused-ring (bicyclic) bond motifs is 2. The van der Waals surface area contributed by atoms with E-state index in [-0.39, 0.29) is 25.2 Å². The first kappa shape index (κ1) is 20.6. The maximum Gasteiger partial charge on any atom is 0.302 e. The van der Waals surface area contributed by atoms with Crippen molar-refractivity contribution in [3.8, 4) is 0 Å². The van der Waals surface area contributed by atoms with Gasteiger partial charge in [0.2, 0.25) is 5.79 Å². The van der Waals surface area contributed by atoms with Crippen LogP contribution in [0.4, 0.5) is 0 Å². The molecule has 4 bridgehead atoms. The van der Waals surface area contributed by atoms with Gasteiger partial charge in [0.1, 0.15) is 11.5 Å². The number of hydrogen-bond donors (Lipinski definition) is 4. The third kappa shape index (κ3) is 1.96. The van der Waals surface area contributed by atoms with Gasteiger partial charge in [-0.15, -0.1) is 0 Å². The zero-order valence-electron chi connectivity index (χ0n) is 17.3. The Morgan fingerprint density at radius 1 is 1.27 bits per heavy atom. The van der Waals surface area contributed by atoms with Gasteiger partial charge in [0.05, 0.1) is 25.4 Å². The molecule has 0 amide bonds. The van der Waals surface area contributed by atoms with Crippen LogP contribution in [0.15, 0.2) is 12.2 Å². The average molecular weight is 422 g/mol. The lowest BCUT2D eigenvalue weighted by Gasteiger charge is -2.74. The standard InChI is InChI=1S/C22H30O8/c1-10-14-12(24)7-13-20-6-4-5-19(3,8-29-11(2)23)15(20)18(27)22(28,30-9-20)21(13,16(10)25)17(14)26/h12-15,17-18,24,26-28H,1,4-9H2,2-3H3/t12-,13-,14+,15+,17-,18-,19-,20+,21-,22+/m0/s1. The Bertz CT molecular complexity index is 841. The molecule has 10 atom stereocenters. The molecule has 0 unspecified atom stereocenters. The van der Waals surface area contributed by atoms with Gasteiger partial charge >= 0.3 is 5.97 Å². The summed E-state index contributed by atoms with van der Waals surface area (Å²) in [5.41, 5.74) is -3.05. The van der Waals surface area contributed by atoms with Crippen LogP contribution in [0.5, 0.6) is 0 Å². The second-order valence-corrected chi connectivity index (χ2v) is 10.5. The fourth-order valence-electron chi connectivity index (χ4n) is 8.24. The minimum absolute atomic E-state index is 0.0794. The molecule has 0 aromatic heterocycles. The van der Waals surface area contributed by atoms with E-state index in [9.17, 15) is 30.0 Å². The van der Waals surface area contributed by atoms with Gasteiger partial charge in [-0.1, -0.05) is 19.9 Å². The third-order valence-electron chi connectivity index (χ3n) is 9.25. The Morgan fingerprint density at radius 3 is 2.63 bits per heavy atom. The number of carbonyl (C=O) groups is 2. The molecule has 6 fully saturated rings. The summed E-state index contributed by atoms with van der Waals surface area (Å²) in [6.45, 7) is 7.25. The van der Waals surface area contributed by atoms with Crippen LogP contribution >= 0.6 is 0 Å². The maximum absolute atomic E-state index is 13.5. The van der Waals surface area contributed by atoms with Crippen molar-refractivity contribution in [1.29, 1.82) is 0 Å². The summed E-state index contributed by atoms with van der Waals surface area (Å²) in [6.07, 6.45) is -1.54. The highest BCUT2D eigenvalue weighted by Gasteiger charge is 2.86. The number of carbonyl (C=O) groups excluding carboxylic acids is 2. The monoisotopic (exact) mass is 422 g/mol. The Hall–Kier alpha value is -1.32. The van der Waals surface area contributed by atoms with Gasteiger partial charge in [0.15, 0.2) is 5.78 Å². The molecule has 0 aromatic rings. The zero-order valence-corrected chi connectivity index (χ0v) is 17.3. The van der Waals surface area contributed by atoms with Gasteiger partial charge < -0.3 is 29.9 Å². The first-order valence-electron chi connectivity index (χ1n) is 10.7. The summed E-state index contributed by atoms with van der Waals surface area (Å²) in [5.74, 6) is -5.22. The summed E-state index contributed by atoms with van der Waals surface area (Å²) in [6, 6.07) is 0. The summed E-state index contributed by atoms with van der Waals surface area (Å²) >= 11 is 0. The quantitative estimate of drug-likeness (QED) is 0.359. The fraction of sp³-hybridized carbons (Fsp3) is 0.818. The van der Waals surface area contributed by atoms with E-state index >= 15 is 0 Å². The Kier molecular flexibility index (Phi) is 4.06. The number of Topliss-reactive ketones (excluding diaryl/α,β-unsaturated/α-hetero) is 1. The molecule has 0 radical (unpaired) electrons. The SMILES string of the molecule is C=C1C(=O)[C@]23[C@@H](O)[C@H]1[C@@H](O)C[C@H]2[C@]12CCC[C@@](C)(COC(C)=O)[C@H]1[C@H](O)[C@@]3(O)OC2. The molecule has 8 nitrogen and oxygen atoms in total. The molecule has 4 N–H and O–H groups in total. The van der Waals surface area contributed by atoms with Crippen LogP contribution in [-0.4, -0.2) is 69.5 Å². The molecule has 2 saturated heterocycles. The maximum atomic E-state index is 13.5. The van der Waals surface area contributed by atoms with Crippen LogP contribution < -0.4 is 0 Å². The predicted octanol–water partition coefficient (Wildman–Crippen LogP) is -0.0812. The molecule has 2 aliphatic heterocycles. The van der Waals surface area contributed by atoms with E-state index in [1.807, 2.05) is 6.92 Å². The smallest absolute Gasteiger partial charge is 0.302 e. The number of rotatable bonds is 2. The van der Waals surface area contributed by atoms with Crippen molar-refractivity contribution in [2.75, 3.05) is 13.2 Å². The molecule has 0 aromatic carbocycles. The number of ketones is 1. The first-order valence-corrected chi connectivity index (χ1v) is 10.7. The van der Waals surface area contributed by atoms with Crippen molar-refractivity contribution < 1.29 is 39.5 Å². The highest BCUT2D eigenvalue weighted by atomic mass is 16.6. The van der Waals surface area contributed by atoms with Crippen LogP contribution in [0.25, 0.3) is 0 Å². The number of hydrogen-bond acceptors (Lipinski definition) is 8. The Balaban J connectivity index is 1.70. The lowest BCUT2D eigenvalue weighted by molar-refractivity contribution is -0.452. The van der Waals surface area contributed by atoms with Crippen molar-refractivity contribution >= 4 is 11.8 Å². The predicted molar refractivity (Wildman–Crippen MR) is 102 cm³/mol. The second-order valence-electron chi connectivity index (χ2n) is 10.5. The van der Waals surface area contributed by atoms with Gasteiger partial charge in [-0.3, -0.25) is 9.59 Å². The lowest BCUT2D eigenvalue weighted by atomic mass is 9.36. The van der Waals surface area contributed by atoms with E-state index in [0.29, 0.717) is 12.8 Å². The summed E-state index contributed by atoms with van der Waals surface area (Å²) in [7, 11) is 0. The van der Waals surface area contributed by atoms with Crippen LogP contribution in [0.3, 0.4) is 0 Å².